The van der Waals surface area contributed by atoms with Crippen LogP contribution in [0.2, 0.25) is 0 Å². The summed E-state index contributed by atoms with van der Waals surface area (Å²) in [6.45, 7) is 1.54. The summed E-state index contributed by atoms with van der Waals surface area (Å²) >= 11 is 0. The zero-order valence-electron chi connectivity index (χ0n) is 8.06. The Hall–Kier alpha value is -1.28. The van der Waals surface area contributed by atoms with Crippen LogP contribution in [0.1, 0.15) is 5.56 Å². The van der Waals surface area contributed by atoms with Gasteiger partial charge in [0, 0.05) is 0 Å². The topological polar surface area (TPSA) is 21.8 Å². The number of benzene rings is 1. The molecule has 1 aliphatic rings. The third-order valence-electron chi connectivity index (χ3n) is 2.07. The van der Waals surface area contributed by atoms with Crippen LogP contribution in [0, 0.1) is 0 Å². The molecule has 0 aliphatic carbocycles. The first-order chi connectivity index (χ1) is 6.95. The van der Waals surface area contributed by atoms with E-state index in [9.17, 15) is 0 Å². The molecule has 74 valence electrons. The van der Waals surface area contributed by atoms with E-state index in [4.69, 9.17) is 9.47 Å². The van der Waals surface area contributed by atoms with Gasteiger partial charge in [0.25, 0.3) is 0 Å². The predicted octanol–water partition coefficient (Wildman–Crippen LogP) is 2.16. The van der Waals surface area contributed by atoms with Crippen LogP contribution in [-0.4, -0.2) is 19.3 Å². The summed E-state index contributed by atoms with van der Waals surface area (Å²) in [5.74, 6) is 0. The minimum atomic E-state index is 0.344. The number of ether oxygens (including phenoxy) is 2. The van der Waals surface area contributed by atoms with Gasteiger partial charge < -0.3 is 9.47 Å². The molecule has 0 aromatic heterocycles. The van der Waals surface area contributed by atoms with Gasteiger partial charge in [-0.15, -0.1) is 0 Å². The normalized spacial score (nSPS) is 19.9. The summed E-state index contributed by atoms with van der Waals surface area (Å²) in [5, 5.41) is 0. The molecule has 1 aromatic carbocycles. The summed E-state index contributed by atoms with van der Waals surface area (Å²) in [6.07, 6.45) is 5.05. The molecule has 2 rings (SSSR count). The van der Waals surface area contributed by atoms with E-state index in [1.54, 1.807) is 6.26 Å². The van der Waals surface area contributed by atoms with Crippen LogP contribution in [0.25, 0.3) is 0 Å². The van der Waals surface area contributed by atoms with Crippen molar-refractivity contribution in [3.05, 3.63) is 48.2 Å². The predicted molar refractivity (Wildman–Crippen MR) is 55.0 cm³/mol. The summed E-state index contributed by atoms with van der Waals surface area (Å²) < 4.78 is 10.3. The quantitative estimate of drug-likeness (QED) is 0.524. The van der Waals surface area contributed by atoms with E-state index < -0.39 is 0 Å². The Kier molecular flexibility index (Phi) is 3.19. The second-order valence-electron chi connectivity index (χ2n) is 3.35. The first-order valence-corrected chi connectivity index (χ1v) is 4.87. The molecule has 1 aliphatic heterocycles. The maximum Gasteiger partial charge on any atom is 0.116 e. The van der Waals surface area contributed by atoms with Gasteiger partial charge in [0.05, 0.1) is 12.9 Å². The molecule has 0 radical (unpaired) electrons. The molecule has 0 amide bonds. The van der Waals surface area contributed by atoms with Crippen molar-refractivity contribution in [3.8, 4) is 0 Å². The molecule has 0 saturated carbocycles. The lowest BCUT2D eigenvalue weighted by Gasteiger charge is -1.96. The van der Waals surface area contributed by atoms with Crippen LogP contribution < -0.4 is 0 Å². The number of hydrogen-bond acceptors (Lipinski definition) is 2. The molecule has 1 fully saturated rings. The maximum absolute atomic E-state index is 5.27. The van der Waals surface area contributed by atoms with Gasteiger partial charge in [0.15, 0.2) is 0 Å². The molecule has 0 bridgehead atoms. The third-order valence-corrected chi connectivity index (χ3v) is 2.07. The zero-order chi connectivity index (χ0) is 9.64. The summed E-state index contributed by atoms with van der Waals surface area (Å²) in [7, 11) is 0. The van der Waals surface area contributed by atoms with E-state index in [1.165, 1.54) is 5.56 Å². The van der Waals surface area contributed by atoms with Crippen LogP contribution in [0.4, 0.5) is 0 Å². The summed E-state index contributed by atoms with van der Waals surface area (Å²) in [5.41, 5.74) is 1.30. The van der Waals surface area contributed by atoms with Crippen LogP contribution in [0.3, 0.4) is 0 Å². The average Bonchev–Trinajstić information content (AvgIpc) is 3.03. The monoisotopic (exact) mass is 190 g/mol. The van der Waals surface area contributed by atoms with Crippen LogP contribution >= 0.6 is 0 Å². The molecule has 14 heavy (non-hydrogen) atoms. The molecule has 0 spiro atoms. The Morgan fingerprint density at radius 3 is 2.86 bits per heavy atom. The lowest BCUT2D eigenvalue weighted by Crippen LogP contribution is -1.95. The van der Waals surface area contributed by atoms with Gasteiger partial charge in [-0.3, -0.25) is 0 Å². The fourth-order valence-corrected chi connectivity index (χ4v) is 1.19. The number of epoxide rings is 1. The Morgan fingerprint density at radius 1 is 1.36 bits per heavy atom. The number of hydrogen-bond donors (Lipinski definition) is 0. The van der Waals surface area contributed by atoms with Crippen molar-refractivity contribution in [2.75, 3.05) is 13.2 Å². The van der Waals surface area contributed by atoms with E-state index >= 15 is 0 Å². The lowest BCUT2D eigenvalue weighted by atomic mass is 10.2. The van der Waals surface area contributed by atoms with Crippen molar-refractivity contribution in [3.63, 3.8) is 0 Å². The van der Waals surface area contributed by atoms with Crippen LogP contribution in [0.15, 0.2) is 42.7 Å². The van der Waals surface area contributed by atoms with E-state index in [0.717, 1.165) is 13.0 Å². The first-order valence-electron chi connectivity index (χ1n) is 4.87. The van der Waals surface area contributed by atoms with Gasteiger partial charge in [0.2, 0.25) is 0 Å². The highest BCUT2D eigenvalue weighted by Crippen LogP contribution is 2.08. The van der Waals surface area contributed by atoms with Crippen molar-refractivity contribution in [2.45, 2.75) is 12.5 Å². The molecule has 0 N–H and O–H groups in total. The maximum atomic E-state index is 5.27. The fraction of sp³-hybridized carbons (Fsp3) is 0.333. The molecule has 1 unspecified atom stereocenters. The fourth-order valence-electron chi connectivity index (χ4n) is 1.19. The average molecular weight is 190 g/mol. The molecule has 1 heterocycles. The Bertz CT molecular complexity index is 288. The second kappa shape index (κ2) is 4.82. The van der Waals surface area contributed by atoms with Gasteiger partial charge >= 0.3 is 0 Å². The van der Waals surface area contributed by atoms with Gasteiger partial charge in [-0.2, -0.15) is 0 Å². The Balaban J connectivity index is 1.65. The SMILES string of the molecule is C(=C/OCC1CO1)/Cc1ccccc1. The highest BCUT2D eigenvalue weighted by Gasteiger charge is 2.22. The van der Waals surface area contributed by atoms with Crippen molar-refractivity contribution in [2.24, 2.45) is 0 Å². The van der Waals surface area contributed by atoms with Gasteiger partial charge in [0.1, 0.15) is 12.7 Å². The van der Waals surface area contributed by atoms with E-state index in [0.29, 0.717) is 12.7 Å². The standard InChI is InChI=1S/C12H14O2/c1-2-5-11(6-3-1)7-4-8-13-9-12-10-14-12/h1-6,8,12H,7,9-10H2/b8-4-. The highest BCUT2D eigenvalue weighted by atomic mass is 16.6. The third kappa shape index (κ3) is 3.23. The van der Waals surface area contributed by atoms with Crippen molar-refractivity contribution in [1.82, 2.24) is 0 Å². The molecular formula is C12H14O2. The number of rotatable bonds is 5. The molecular weight excluding hydrogens is 176 g/mol. The molecule has 1 saturated heterocycles. The summed E-state index contributed by atoms with van der Waals surface area (Å²) in [4.78, 5) is 0. The second-order valence-corrected chi connectivity index (χ2v) is 3.35. The smallest absolute Gasteiger partial charge is 0.116 e. The first kappa shape index (κ1) is 9.28. The Morgan fingerprint density at radius 2 is 2.14 bits per heavy atom. The van der Waals surface area contributed by atoms with Gasteiger partial charge in [-0.05, 0) is 18.1 Å². The van der Waals surface area contributed by atoms with E-state index in [1.807, 2.05) is 24.3 Å². The van der Waals surface area contributed by atoms with Crippen LogP contribution in [-0.2, 0) is 15.9 Å². The van der Waals surface area contributed by atoms with E-state index in [-0.39, 0.29) is 0 Å². The minimum Gasteiger partial charge on any atom is -0.499 e. The van der Waals surface area contributed by atoms with Crippen molar-refractivity contribution >= 4 is 0 Å². The number of allylic oxidation sites excluding steroid dienone is 1. The molecule has 2 heteroatoms. The van der Waals surface area contributed by atoms with E-state index in [2.05, 4.69) is 12.1 Å². The minimum absolute atomic E-state index is 0.344. The van der Waals surface area contributed by atoms with Crippen molar-refractivity contribution < 1.29 is 9.47 Å². The van der Waals surface area contributed by atoms with Crippen molar-refractivity contribution in [1.29, 1.82) is 0 Å². The highest BCUT2D eigenvalue weighted by molar-refractivity contribution is 5.17. The summed E-state index contributed by atoms with van der Waals surface area (Å²) in [6, 6.07) is 10.3. The zero-order valence-corrected chi connectivity index (χ0v) is 8.06. The van der Waals surface area contributed by atoms with Crippen LogP contribution in [0.5, 0.6) is 0 Å². The molecule has 1 atom stereocenters. The molecule has 1 aromatic rings. The molecule has 2 nitrogen and oxygen atoms in total. The largest absolute Gasteiger partial charge is 0.499 e. The van der Waals surface area contributed by atoms with Gasteiger partial charge in [-0.25, -0.2) is 0 Å². The lowest BCUT2D eigenvalue weighted by molar-refractivity contribution is 0.212. The Labute approximate surface area is 84.2 Å². The van der Waals surface area contributed by atoms with Gasteiger partial charge in [-0.1, -0.05) is 30.3 Å².